The van der Waals surface area contributed by atoms with Gasteiger partial charge in [0.2, 0.25) is 0 Å². The van der Waals surface area contributed by atoms with Crippen molar-refractivity contribution in [1.82, 2.24) is 0 Å². The molecule has 0 heterocycles. The van der Waals surface area contributed by atoms with Crippen LogP contribution in [0.2, 0.25) is 0 Å². The van der Waals surface area contributed by atoms with Gasteiger partial charge in [-0.2, -0.15) is 0 Å². The van der Waals surface area contributed by atoms with E-state index in [2.05, 4.69) is 13.0 Å². The van der Waals surface area contributed by atoms with Crippen LogP contribution in [-0.4, -0.2) is 18.8 Å². The van der Waals surface area contributed by atoms with Crippen LogP contribution in [0.4, 0.5) is 0 Å². The van der Waals surface area contributed by atoms with Crippen LogP contribution in [0.5, 0.6) is 5.75 Å². The van der Waals surface area contributed by atoms with Crippen molar-refractivity contribution in [1.29, 1.82) is 0 Å². The molecule has 0 fully saturated rings. The van der Waals surface area contributed by atoms with Crippen molar-refractivity contribution < 1.29 is 9.84 Å². The average molecular weight is 194 g/mol. The molecule has 2 nitrogen and oxygen atoms in total. The maximum atomic E-state index is 9.17. The first kappa shape index (κ1) is 11.1. The third-order valence-corrected chi connectivity index (χ3v) is 2.62. The van der Waals surface area contributed by atoms with Crippen LogP contribution in [0.15, 0.2) is 18.2 Å². The van der Waals surface area contributed by atoms with Gasteiger partial charge in [0, 0.05) is 12.5 Å². The first-order valence-corrected chi connectivity index (χ1v) is 4.98. The van der Waals surface area contributed by atoms with Gasteiger partial charge in [-0.3, -0.25) is 0 Å². The topological polar surface area (TPSA) is 29.5 Å². The number of ether oxygens (including phenoxy) is 1. The SMILES string of the molecule is CCC(CO)c1ccc(C)c(OC)c1. The smallest absolute Gasteiger partial charge is 0.122 e. The van der Waals surface area contributed by atoms with E-state index in [-0.39, 0.29) is 12.5 Å². The summed E-state index contributed by atoms with van der Waals surface area (Å²) >= 11 is 0. The van der Waals surface area contributed by atoms with Crippen LogP contribution in [0.3, 0.4) is 0 Å². The zero-order valence-corrected chi connectivity index (χ0v) is 9.08. The lowest BCUT2D eigenvalue weighted by Gasteiger charge is -2.14. The molecule has 0 saturated carbocycles. The summed E-state index contributed by atoms with van der Waals surface area (Å²) < 4.78 is 5.24. The van der Waals surface area contributed by atoms with E-state index in [0.29, 0.717) is 0 Å². The van der Waals surface area contributed by atoms with Crippen molar-refractivity contribution >= 4 is 0 Å². The molecular weight excluding hydrogens is 176 g/mol. The molecule has 0 aliphatic heterocycles. The molecule has 1 unspecified atom stereocenters. The van der Waals surface area contributed by atoms with Gasteiger partial charge in [0.25, 0.3) is 0 Å². The Morgan fingerprint density at radius 3 is 2.64 bits per heavy atom. The second-order valence-corrected chi connectivity index (χ2v) is 3.52. The number of aliphatic hydroxyl groups excluding tert-OH is 1. The fraction of sp³-hybridized carbons (Fsp3) is 0.500. The van der Waals surface area contributed by atoms with E-state index in [1.54, 1.807) is 7.11 Å². The van der Waals surface area contributed by atoms with Crippen molar-refractivity contribution in [3.8, 4) is 5.75 Å². The molecule has 0 radical (unpaired) electrons. The summed E-state index contributed by atoms with van der Waals surface area (Å²) in [5, 5.41) is 9.17. The van der Waals surface area contributed by atoms with Gasteiger partial charge in [-0.15, -0.1) is 0 Å². The quantitative estimate of drug-likeness (QED) is 0.798. The first-order chi connectivity index (χ1) is 6.72. The molecular formula is C12H18O2. The van der Waals surface area contributed by atoms with Gasteiger partial charge in [-0.1, -0.05) is 19.1 Å². The van der Waals surface area contributed by atoms with Gasteiger partial charge in [-0.05, 0) is 30.5 Å². The highest BCUT2D eigenvalue weighted by Gasteiger charge is 2.09. The zero-order valence-electron chi connectivity index (χ0n) is 9.08. The molecule has 14 heavy (non-hydrogen) atoms. The summed E-state index contributed by atoms with van der Waals surface area (Å²) in [6.07, 6.45) is 0.947. The second-order valence-electron chi connectivity index (χ2n) is 3.52. The number of aryl methyl sites for hydroxylation is 1. The minimum absolute atomic E-state index is 0.197. The highest BCUT2D eigenvalue weighted by molar-refractivity contribution is 5.38. The summed E-state index contributed by atoms with van der Waals surface area (Å²) in [4.78, 5) is 0. The Kier molecular flexibility index (Phi) is 3.96. The van der Waals surface area contributed by atoms with E-state index in [1.807, 2.05) is 19.1 Å². The molecule has 1 rings (SSSR count). The zero-order chi connectivity index (χ0) is 10.6. The molecule has 2 heteroatoms. The van der Waals surface area contributed by atoms with Crippen LogP contribution in [0.25, 0.3) is 0 Å². The Hall–Kier alpha value is -1.02. The maximum Gasteiger partial charge on any atom is 0.122 e. The van der Waals surface area contributed by atoms with Crippen LogP contribution < -0.4 is 4.74 Å². The molecule has 0 amide bonds. The van der Waals surface area contributed by atoms with Crippen molar-refractivity contribution in [2.75, 3.05) is 13.7 Å². The van der Waals surface area contributed by atoms with Gasteiger partial charge < -0.3 is 9.84 Å². The van der Waals surface area contributed by atoms with Crippen LogP contribution >= 0.6 is 0 Å². The Labute approximate surface area is 85.5 Å². The number of methoxy groups -OCH3 is 1. The summed E-state index contributed by atoms with van der Waals surface area (Å²) in [5.41, 5.74) is 2.28. The predicted molar refractivity (Wildman–Crippen MR) is 57.8 cm³/mol. The lowest BCUT2D eigenvalue weighted by atomic mass is 9.96. The van der Waals surface area contributed by atoms with E-state index < -0.39 is 0 Å². The van der Waals surface area contributed by atoms with Crippen molar-refractivity contribution in [2.24, 2.45) is 0 Å². The van der Waals surface area contributed by atoms with E-state index in [1.165, 1.54) is 0 Å². The second kappa shape index (κ2) is 5.01. The standard InChI is InChI=1S/C12H18O2/c1-4-10(8-13)11-6-5-9(2)12(7-11)14-3/h5-7,10,13H,4,8H2,1-3H3. The fourth-order valence-electron chi connectivity index (χ4n) is 1.56. The lowest BCUT2D eigenvalue weighted by Crippen LogP contribution is -2.03. The highest BCUT2D eigenvalue weighted by Crippen LogP contribution is 2.25. The van der Waals surface area contributed by atoms with E-state index >= 15 is 0 Å². The van der Waals surface area contributed by atoms with Gasteiger partial charge >= 0.3 is 0 Å². The fourth-order valence-corrected chi connectivity index (χ4v) is 1.56. The predicted octanol–water partition coefficient (Wildman–Crippen LogP) is 2.49. The Morgan fingerprint density at radius 2 is 2.14 bits per heavy atom. The van der Waals surface area contributed by atoms with Crippen LogP contribution in [-0.2, 0) is 0 Å². The van der Waals surface area contributed by atoms with Gasteiger partial charge in [-0.25, -0.2) is 0 Å². The minimum atomic E-state index is 0.197. The monoisotopic (exact) mass is 194 g/mol. The molecule has 0 aliphatic rings. The van der Waals surface area contributed by atoms with Crippen molar-refractivity contribution in [2.45, 2.75) is 26.2 Å². The number of benzene rings is 1. The summed E-state index contributed by atoms with van der Waals surface area (Å²) in [6, 6.07) is 6.11. The maximum absolute atomic E-state index is 9.17. The van der Waals surface area contributed by atoms with Crippen molar-refractivity contribution in [3.63, 3.8) is 0 Å². The molecule has 0 aliphatic carbocycles. The number of hydrogen-bond acceptors (Lipinski definition) is 2. The van der Waals surface area contributed by atoms with Gasteiger partial charge in [0.1, 0.15) is 5.75 Å². The molecule has 0 aromatic heterocycles. The molecule has 78 valence electrons. The van der Waals surface area contributed by atoms with E-state index in [9.17, 15) is 5.11 Å². The lowest BCUT2D eigenvalue weighted by molar-refractivity contribution is 0.262. The molecule has 0 bridgehead atoms. The molecule has 1 aromatic rings. The average Bonchev–Trinajstić information content (AvgIpc) is 2.22. The van der Waals surface area contributed by atoms with Crippen LogP contribution in [0.1, 0.15) is 30.4 Å². The highest BCUT2D eigenvalue weighted by atomic mass is 16.5. The molecule has 0 saturated heterocycles. The number of rotatable bonds is 4. The van der Waals surface area contributed by atoms with Crippen molar-refractivity contribution in [3.05, 3.63) is 29.3 Å². The van der Waals surface area contributed by atoms with E-state index in [0.717, 1.165) is 23.3 Å². The summed E-state index contributed by atoms with van der Waals surface area (Å²) in [6.45, 7) is 4.29. The molecule has 1 atom stereocenters. The Morgan fingerprint density at radius 1 is 1.43 bits per heavy atom. The van der Waals surface area contributed by atoms with Gasteiger partial charge in [0.05, 0.1) is 7.11 Å². The summed E-state index contributed by atoms with van der Waals surface area (Å²) in [5.74, 6) is 1.12. The number of aliphatic hydroxyl groups is 1. The van der Waals surface area contributed by atoms with E-state index in [4.69, 9.17) is 4.74 Å². The Balaban J connectivity index is 2.98. The third kappa shape index (κ3) is 2.26. The summed E-state index contributed by atoms with van der Waals surface area (Å²) in [7, 11) is 1.67. The molecule has 0 spiro atoms. The van der Waals surface area contributed by atoms with Crippen LogP contribution in [0, 0.1) is 6.92 Å². The first-order valence-electron chi connectivity index (χ1n) is 4.98. The Bertz CT molecular complexity index is 290. The number of hydrogen-bond donors (Lipinski definition) is 1. The molecule has 1 N–H and O–H groups in total. The normalized spacial score (nSPS) is 12.6. The molecule has 1 aromatic carbocycles. The minimum Gasteiger partial charge on any atom is -0.496 e. The third-order valence-electron chi connectivity index (χ3n) is 2.62. The van der Waals surface area contributed by atoms with Gasteiger partial charge in [0.15, 0.2) is 0 Å². The largest absolute Gasteiger partial charge is 0.496 e.